The molecule has 0 aliphatic carbocycles. The number of rotatable bonds is 6. The van der Waals surface area contributed by atoms with Crippen molar-refractivity contribution in [2.75, 3.05) is 5.32 Å². The Morgan fingerprint density at radius 3 is 2.09 bits per heavy atom. The van der Waals surface area contributed by atoms with E-state index < -0.39 is 0 Å². The summed E-state index contributed by atoms with van der Waals surface area (Å²) >= 11 is 0. The van der Waals surface area contributed by atoms with E-state index in [9.17, 15) is 0 Å². The number of nitrogens with one attached hydrogen (secondary N) is 1. The summed E-state index contributed by atoms with van der Waals surface area (Å²) in [6.07, 6.45) is 5.64. The zero-order valence-corrected chi connectivity index (χ0v) is 12.4. The van der Waals surface area contributed by atoms with E-state index in [4.69, 9.17) is 0 Å². The monoisotopic (exact) mass is 289 g/mol. The summed E-state index contributed by atoms with van der Waals surface area (Å²) < 4.78 is 0. The third-order valence-electron chi connectivity index (χ3n) is 3.56. The lowest BCUT2D eigenvalue weighted by molar-refractivity contribution is 0.912. The molecule has 3 heteroatoms. The van der Waals surface area contributed by atoms with Crippen LogP contribution in [0.1, 0.15) is 16.8 Å². The molecule has 22 heavy (non-hydrogen) atoms. The quantitative estimate of drug-likeness (QED) is 0.748. The number of anilines is 1. The molecule has 0 bridgehead atoms. The van der Waals surface area contributed by atoms with Crippen molar-refractivity contribution in [2.45, 2.75) is 19.4 Å². The van der Waals surface area contributed by atoms with Crippen LogP contribution in [0.15, 0.2) is 73.1 Å². The average Bonchev–Trinajstić information content (AvgIpc) is 2.61. The SMILES string of the molecule is c1ccc(CCc2ccc(CNc3ccccn3)cc2)nc1. The molecule has 0 unspecified atom stereocenters. The summed E-state index contributed by atoms with van der Waals surface area (Å²) in [6, 6.07) is 20.7. The highest BCUT2D eigenvalue weighted by atomic mass is 15.0. The molecule has 0 aliphatic heterocycles. The van der Waals surface area contributed by atoms with Crippen LogP contribution in [-0.4, -0.2) is 9.97 Å². The highest BCUT2D eigenvalue weighted by Crippen LogP contribution is 2.10. The fraction of sp³-hybridized carbons (Fsp3) is 0.158. The van der Waals surface area contributed by atoms with Crippen LogP contribution in [-0.2, 0) is 19.4 Å². The maximum absolute atomic E-state index is 4.36. The van der Waals surface area contributed by atoms with E-state index in [1.165, 1.54) is 11.1 Å². The average molecular weight is 289 g/mol. The van der Waals surface area contributed by atoms with E-state index in [1.807, 2.05) is 36.5 Å². The molecule has 0 spiro atoms. The number of hydrogen-bond donors (Lipinski definition) is 1. The molecular formula is C19H19N3. The predicted molar refractivity (Wildman–Crippen MR) is 89.7 cm³/mol. The second-order valence-electron chi connectivity index (χ2n) is 5.21. The summed E-state index contributed by atoms with van der Waals surface area (Å²) in [5, 5.41) is 3.32. The largest absolute Gasteiger partial charge is 0.366 e. The number of aryl methyl sites for hydroxylation is 2. The van der Waals surface area contributed by atoms with Crippen molar-refractivity contribution >= 4 is 5.82 Å². The zero-order chi connectivity index (χ0) is 15.0. The Hall–Kier alpha value is -2.68. The van der Waals surface area contributed by atoms with Crippen molar-refractivity contribution < 1.29 is 0 Å². The van der Waals surface area contributed by atoms with Gasteiger partial charge in [0.1, 0.15) is 5.82 Å². The molecule has 1 aromatic carbocycles. The number of nitrogens with zero attached hydrogens (tertiary/aromatic N) is 2. The van der Waals surface area contributed by atoms with Gasteiger partial charge in [0.05, 0.1) is 0 Å². The molecule has 3 nitrogen and oxygen atoms in total. The number of aromatic nitrogens is 2. The molecule has 0 saturated heterocycles. The van der Waals surface area contributed by atoms with Gasteiger partial charge < -0.3 is 5.32 Å². The summed E-state index contributed by atoms with van der Waals surface area (Å²) in [6.45, 7) is 0.789. The van der Waals surface area contributed by atoms with Gasteiger partial charge in [-0.15, -0.1) is 0 Å². The minimum absolute atomic E-state index is 0.789. The van der Waals surface area contributed by atoms with E-state index >= 15 is 0 Å². The minimum atomic E-state index is 0.789. The fourth-order valence-corrected chi connectivity index (χ4v) is 2.30. The first kappa shape index (κ1) is 14.3. The van der Waals surface area contributed by atoms with Crippen molar-refractivity contribution in [1.82, 2.24) is 9.97 Å². The first-order chi connectivity index (χ1) is 10.9. The Kier molecular flexibility index (Phi) is 4.77. The van der Waals surface area contributed by atoms with E-state index in [-0.39, 0.29) is 0 Å². The van der Waals surface area contributed by atoms with E-state index in [1.54, 1.807) is 6.20 Å². The number of hydrogen-bond acceptors (Lipinski definition) is 3. The molecule has 0 atom stereocenters. The van der Waals surface area contributed by atoms with Gasteiger partial charge in [0.25, 0.3) is 0 Å². The van der Waals surface area contributed by atoms with Gasteiger partial charge in [-0.3, -0.25) is 4.98 Å². The van der Waals surface area contributed by atoms with Crippen LogP contribution in [0.3, 0.4) is 0 Å². The molecule has 1 N–H and O–H groups in total. The molecule has 0 saturated carbocycles. The smallest absolute Gasteiger partial charge is 0.126 e. The summed E-state index contributed by atoms with van der Waals surface area (Å²) in [5.41, 5.74) is 3.74. The number of pyridine rings is 2. The normalized spacial score (nSPS) is 10.4. The first-order valence-electron chi connectivity index (χ1n) is 7.53. The molecule has 2 heterocycles. The maximum Gasteiger partial charge on any atom is 0.126 e. The second kappa shape index (κ2) is 7.36. The molecule has 110 valence electrons. The summed E-state index contributed by atoms with van der Waals surface area (Å²) in [7, 11) is 0. The predicted octanol–water partition coefficient (Wildman–Crippen LogP) is 3.87. The molecule has 0 radical (unpaired) electrons. The molecule has 0 amide bonds. The van der Waals surface area contributed by atoms with Crippen LogP contribution in [0, 0.1) is 0 Å². The van der Waals surface area contributed by atoms with Crippen molar-refractivity contribution in [3.05, 3.63) is 89.9 Å². The maximum atomic E-state index is 4.36. The Morgan fingerprint density at radius 1 is 0.682 bits per heavy atom. The van der Waals surface area contributed by atoms with Crippen molar-refractivity contribution in [3.63, 3.8) is 0 Å². The van der Waals surface area contributed by atoms with Crippen LogP contribution < -0.4 is 5.32 Å². The number of benzene rings is 1. The van der Waals surface area contributed by atoms with E-state index in [0.29, 0.717) is 0 Å². The zero-order valence-electron chi connectivity index (χ0n) is 12.4. The van der Waals surface area contributed by atoms with Crippen molar-refractivity contribution in [2.24, 2.45) is 0 Å². The fourth-order valence-electron chi connectivity index (χ4n) is 2.30. The molecule has 3 rings (SSSR count). The third kappa shape index (κ3) is 4.16. The molecule has 0 aliphatic rings. The van der Waals surface area contributed by atoms with Crippen molar-refractivity contribution in [1.29, 1.82) is 0 Å². The molecule has 2 aromatic heterocycles. The second-order valence-corrected chi connectivity index (χ2v) is 5.21. The van der Waals surface area contributed by atoms with Crippen LogP contribution in [0.4, 0.5) is 5.82 Å². The Morgan fingerprint density at radius 2 is 1.41 bits per heavy atom. The van der Waals surface area contributed by atoms with Crippen LogP contribution in [0.2, 0.25) is 0 Å². The Balaban J connectivity index is 1.52. The highest BCUT2D eigenvalue weighted by molar-refractivity contribution is 5.35. The van der Waals surface area contributed by atoms with Gasteiger partial charge in [-0.25, -0.2) is 4.98 Å². The lowest BCUT2D eigenvalue weighted by Gasteiger charge is -2.07. The Bertz CT molecular complexity index is 616. The van der Waals surface area contributed by atoms with Gasteiger partial charge in [0.15, 0.2) is 0 Å². The summed E-state index contributed by atoms with van der Waals surface area (Å²) in [4.78, 5) is 8.61. The van der Waals surface area contributed by atoms with Gasteiger partial charge in [0, 0.05) is 24.6 Å². The lowest BCUT2D eigenvalue weighted by atomic mass is 10.1. The van der Waals surface area contributed by atoms with Gasteiger partial charge in [0.2, 0.25) is 0 Å². The molecule has 3 aromatic rings. The van der Waals surface area contributed by atoms with Gasteiger partial charge in [-0.1, -0.05) is 36.4 Å². The molecule has 0 fully saturated rings. The first-order valence-corrected chi connectivity index (χ1v) is 7.53. The van der Waals surface area contributed by atoms with Gasteiger partial charge >= 0.3 is 0 Å². The Labute approximate surface area is 131 Å². The van der Waals surface area contributed by atoms with Crippen LogP contribution in [0.5, 0.6) is 0 Å². The molecular weight excluding hydrogens is 270 g/mol. The topological polar surface area (TPSA) is 37.8 Å². The van der Waals surface area contributed by atoms with E-state index in [2.05, 4.69) is 45.6 Å². The lowest BCUT2D eigenvalue weighted by Crippen LogP contribution is -2.01. The van der Waals surface area contributed by atoms with Crippen LogP contribution in [0.25, 0.3) is 0 Å². The minimum Gasteiger partial charge on any atom is -0.366 e. The van der Waals surface area contributed by atoms with Gasteiger partial charge in [-0.05, 0) is 48.2 Å². The van der Waals surface area contributed by atoms with E-state index in [0.717, 1.165) is 30.9 Å². The highest BCUT2D eigenvalue weighted by Gasteiger charge is 1.98. The van der Waals surface area contributed by atoms with Crippen molar-refractivity contribution in [3.8, 4) is 0 Å². The standard InChI is InChI=1S/C19H19N3/c1-3-13-20-18(5-1)12-11-16-7-9-17(10-8-16)15-22-19-6-2-4-14-21-19/h1-10,13-14H,11-12,15H2,(H,21,22). The van der Waals surface area contributed by atoms with Crippen LogP contribution >= 0.6 is 0 Å². The summed E-state index contributed by atoms with van der Waals surface area (Å²) in [5.74, 6) is 0.904. The van der Waals surface area contributed by atoms with Gasteiger partial charge in [-0.2, -0.15) is 0 Å². The third-order valence-corrected chi connectivity index (χ3v) is 3.56.